The van der Waals surface area contributed by atoms with Gasteiger partial charge in [0, 0.05) is 19.3 Å². The summed E-state index contributed by atoms with van der Waals surface area (Å²) in [7, 11) is 1.60. The molecule has 2 aliphatic rings. The van der Waals surface area contributed by atoms with Crippen LogP contribution in [-0.2, 0) is 11.3 Å². The number of urea groups is 1. The van der Waals surface area contributed by atoms with Gasteiger partial charge in [-0.3, -0.25) is 10.1 Å². The van der Waals surface area contributed by atoms with E-state index in [0.717, 1.165) is 5.56 Å². The summed E-state index contributed by atoms with van der Waals surface area (Å²) in [6, 6.07) is 8.56. The Morgan fingerprint density at radius 3 is 2.72 bits per heavy atom. The number of thioether (sulfide) groups is 1. The molecule has 8 nitrogen and oxygen atoms in total. The maximum atomic E-state index is 12.4. The first kappa shape index (κ1) is 17.7. The summed E-state index contributed by atoms with van der Waals surface area (Å²) in [5.41, 5.74) is 1.01. The van der Waals surface area contributed by atoms with Crippen LogP contribution in [0.1, 0.15) is 5.56 Å². The number of nitrogens with one attached hydrogen (secondary N) is 1. The summed E-state index contributed by atoms with van der Waals surface area (Å²) in [4.78, 5) is 32.0. The highest BCUT2D eigenvalue weighted by atomic mass is 32.2. The van der Waals surface area contributed by atoms with E-state index in [1.807, 2.05) is 35.2 Å². The molecule has 134 valence electrons. The van der Waals surface area contributed by atoms with Crippen LogP contribution in [-0.4, -0.2) is 74.8 Å². The smallest absolute Gasteiger partial charge is 0.325 e. The first-order chi connectivity index (χ1) is 12.0. The summed E-state index contributed by atoms with van der Waals surface area (Å²) in [6.07, 6.45) is -1.47. The summed E-state index contributed by atoms with van der Waals surface area (Å²) in [5.74, 6) is -0.134. The van der Waals surface area contributed by atoms with Gasteiger partial charge >= 0.3 is 6.03 Å². The lowest BCUT2D eigenvalue weighted by atomic mass is 10.1. The maximum absolute atomic E-state index is 12.4. The Morgan fingerprint density at radius 2 is 2.04 bits per heavy atom. The summed E-state index contributed by atoms with van der Waals surface area (Å²) >= 11 is 1.26. The van der Waals surface area contributed by atoms with Gasteiger partial charge in [-0.2, -0.15) is 0 Å². The molecular weight excluding hydrogens is 344 g/mol. The van der Waals surface area contributed by atoms with E-state index < -0.39 is 24.3 Å². The third-order valence-corrected chi connectivity index (χ3v) is 5.28. The predicted octanol–water partition coefficient (Wildman–Crippen LogP) is -0.179. The van der Waals surface area contributed by atoms with Gasteiger partial charge in [0.1, 0.15) is 0 Å². The van der Waals surface area contributed by atoms with E-state index in [0.29, 0.717) is 11.7 Å². The number of amides is 3. The maximum Gasteiger partial charge on any atom is 0.325 e. The molecule has 0 spiro atoms. The molecule has 3 N–H and O–H groups in total. The zero-order valence-corrected chi connectivity index (χ0v) is 14.5. The minimum atomic E-state index is -0.873. The van der Waals surface area contributed by atoms with Gasteiger partial charge in [0.25, 0.3) is 5.91 Å². The van der Waals surface area contributed by atoms with Gasteiger partial charge in [-0.15, -0.1) is 0 Å². The molecule has 9 heteroatoms. The van der Waals surface area contributed by atoms with Crippen LogP contribution in [0, 0.1) is 0 Å². The molecule has 0 bridgehead atoms. The molecule has 3 amide bonds. The number of carbonyl (C=O) groups is 2. The molecule has 0 aromatic heterocycles. The predicted molar refractivity (Wildman–Crippen MR) is 93.8 cm³/mol. The highest BCUT2D eigenvalue weighted by Gasteiger charge is 2.48. The van der Waals surface area contributed by atoms with Crippen LogP contribution in [0.3, 0.4) is 0 Å². The van der Waals surface area contributed by atoms with Crippen molar-refractivity contribution >= 4 is 28.9 Å². The molecule has 0 aliphatic carbocycles. The minimum Gasteiger partial charge on any atom is -0.394 e. The van der Waals surface area contributed by atoms with Crippen LogP contribution in [0.25, 0.3) is 0 Å². The van der Waals surface area contributed by atoms with Crippen molar-refractivity contribution in [1.29, 1.82) is 0 Å². The second kappa shape index (κ2) is 7.42. The number of imide groups is 1. The lowest BCUT2D eigenvalue weighted by molar-refractivity contribution is -0.127. The monoisotopic (exact) mass is 364 g/mol. The minimum absolute atomic E-state index is 0.249. The van der Waals surface area contributed by atoms with Gasteiger partial charge in [-0.05, 0) is 5.56 Å². The number of aliphatic hydroxyl groups excluding tert-OH is 2. The fraction of sp³-hybridized carbons (Fsp3) is 0.438. The molecule has 1 saturated heterocycles. The average Bonchev–Trinajstić information content (AvgIpc) is 2.97. The first-order valence-electron chi connectivity index (χ1n) is 7.89. The third kappa shape index (κ3) is 3.63. The molecule has 0 radical (unpaired) electrons. The second-order valence-electron chi connectivity index (χ2n) is 5.94. The van der Waals surface area contributed by atoms with Crippen molar-refractivity contribution in [2.45, 2.75) is 24.9 Å². The largest absolute Gasteiger partial charge is 0.394 e. The summed E-state index contributed by atoms with van der Waals surface area (Å²) < 4.78 is 0. The highest BCUT2D eigenvalue weighted by molar-refractivity contribution is 8.13. The number of hydrogen-bond acceptors (Lipinski definition) is 7. The van der Waals surface area contributed by atoms with Gasteiger partial charge in [-0.1, -0.05) is 42.1 Å². The fourth-order valence-corrected chi connectivity index (χ4v) is 3.76. The molecule has 0 saturated carbocycles. The van der Waals surface area contributed by atoms with Gasteiger partial charge in [0.2, 0.25) is 0 Å². The Bertz CT molecular complexity index is 684. The van der Waals surface area contributed by atoms with Gasteiger partial charge < -0.3 is 20.0 Å². The van der Waals surface area contributed by atoms with E-state index in [1.165, 1.54) is 16.7 Å². The quantitative estimate of drug-likeness (QED) is 0.669. The molecule has 25 heavy (non-hydrogen) atoms. The van der Waals surface area contributed by atoms with Crippen molar-refractivity contribution in [2.75, 3.05) is 19.4 Å². The van der Waals surface area contributed by atoms with Crippen LogP contribution < -0.4 is 5.32 Å². The standard InChI is InChI=1S/C16H20N4O4S/c1-19-13-12(14(23)18-15(19)24)20(7-10-5-3-2-4-6-10)16(17-13)25-9-11(22)8-21/h2-6,11-13,21-22H,7-9H2,1H3,(H,18,23,24). The number of amidine groups is 1. The third-order valence-electron chi connectivity index (χ3n) is 4.13. The molecule has 3 rings (SSSR count). The lowest BCUT2D eigenvalue weighted by Crippen LogP contribution is -2.63. The Morgan fingerprint density at radius 1 is 1.32 bits per heavy atom. The highest BCUT2D eigenvalue weighted by Crippen LogP contribution is 2.30. The van der Waals surface area contributed by atoms with Crippen molar-refractivity contribution in [2.24, 2.45) is 4.99 Å². The molecule has 1 fully saturated rings. The van der Waals surface area contributed by atoms with Gasteiger partial charge in [-0.25, -0.2) is 9.79 Å². The molecule has 1 aromatic carbocycles. The van der Waals surface area contributed by atoms with E-state index in [1.54, 1.807) is 7.05 Å². The second-order valence-corrected chi connectivity index (χ2v) is 6.92. The van der Waals surface area contributed by atoms with E-state index in [9.17, 15) is 14.7 Å². The number of carbonyl (C=O) groups excluding carboxylic acids is 2. The Kier molecular flexibility index (Phi) is 5.26. The Labute approximate surface area is 149 Å². The SMILES string of the molecule is CN1C(=O)NC(=O)C2C1N=C(SCC(O)CO)N2Cc1ccccc1. The van der Waals surface area contributed by atoms with Crippen LogP contribution in [0.15, 0.2) is 35.3 Å². The average molecular weight is 364 g/mol. The molecular formula is C16H20N4O4S. The number of benzene rings is 1. The molecule has 1 aromatic rings. The van der Waals surface area contributed by atoms with Gasteiger partial charge in [0.15, 0.2) is 17.4 Å². The van der Waals surface area contributed by atoms with Crippen molar-refractivity contribution in [3.05, 3.63) is 35.9 Å². The van der Waals surface area contributed by atoms with Crippen LogP contribution in [0.5, 0.6) is 0 Å². The number of rotatable bonds is 5. The van der Waals surface area contributed by atoms with Crippen LogP contribution in [0.4, 0.5) is 4.79 Å². The normalized spacial score (nSPS) is 24.0. The van der Waals surface area contributed by atoms with E-state index in [4.69, 9.17) is 5.11 Å². The van der Waals surface area contributed by atoms with E-state index in [2.05, 4.69) is 10.3 Å². The topological polar surface area (TPSA) is 105 Å². The van der Waals surface area contributed by atoms with Crippen molar-refractivity contribution < 1.29 is 19.8 Å². The first-order valence-corrected chi connectivity index (χ1v) is 8.87. The molecule has 2 aliphatic heterocycles. The van der Waals surface area contributed by atoms with Gasteiger partial charge in [0.05, 0.1) is 12.7 Å². The summed E-state index contributed by atoms with van der Waals surface area (Å²) in [5, 5.41) is 21.5. The fourth-order valence-electron chi connectivity index (χ4n) is 2.79. The number of hydrogen-bond donors (Lipinski definition) is 3. The Balaban J connectivity index is 1.86. The van der Waals surface area contributed by atoms with Crippen molar-refractivity contribution in [1.82, 2.24) is 15.1 Å². The number of aliphatic imine (C=N–C) groups is 1. The van der Waals surface area contributed by atoms with Crippen molar-refractivity contribution in [3.63, 3.8) is 0 Å². The molecule has 3 atom stereocenters. The number of fused-ring (bicyclic) bond motifs is 1. The Hall–Kier alpha value is -2.10. The van der Waals surface area contributed by atoms with Crippen LogP contribution in [0.2, 0.25) is 0 Å². The molecule has 2 heterocycles. The number of nitrogens with zero attached hydrogens (tertiary/aromatic N) is 3. The van der Waals surface area contributed by atoms with Crippen molar-refractivity contribution in [3.8, 4) is 0 Å². The van der Waals surface area contributed by atoms with E-state index in [-0.39, 0.29) is 18.3 Å². The number of aliphatic hydroxyl groups is 2. The number of likely N-dealkylation sites (N-methyl/N-ethyl adjacent to an activating group) is 1. The lowest BCUT2D eigenvalue weighted by Gasteiger charge is -2.36. The summed E-state index contributed by atoms with van der Waals surface area (Å²) in [6.45, 7) is 0.114. The zero-order valence-electron chi connectivity index (χ0n) is 13.7. The zero-order chi connectivity index (χ0) is 18.0. The van der Waals surface area contributed by atoms with Crippen LogP contribution >= 0.6 is 11.8 Å². The molecule has 3 unspecified atom stereocenters. The van der Waals surface area contributed by atoms with E-state index >= 15 is 0 Å².